The van der Waals surface area contributed by atoms with Crippen LogP contribution in [-0.2, 0) is 14.3 Å². The number of aliphatic hydroxyl groups is 1. The van der Waals surface area contributed by atoms with Gasteiger partial charge in [0.05, 0.1) is 30.5 Å². The minimum absolute atomic E-state index is 0.0219. The van der Waals surface area contributed by atoms with Crippen molar-refractivity contribution < 1.29 is 19.4 Å². The van der Waals surface area contributed by atoms with Crippen LogP contribution in [-0.4, -0.2) is 29.7 Å². The zero-order valence-corrected chi connectivity index (χ0v) is 16.2. The highest BCUT2D eigenvalue weighted by atomic mass is 79.9. The fourth-order valence-corrected chi connectivity index (χ4v) is 3.09. The van der Waals surface area contributed by atoms with E-state index in [1.54, 1.807) is 0 Å². The quantitative estimate of drug-likeness (QED) is 0.446. The number of allylic oxidation sites excluding steroid dienone is 2. The van der Waals surface area contributed by atoms with Crippen molar-refractivity contribution in [3.8, 4) is 0 Å². The molecule has 1 saturated carbocycles. The topological polar surface area (TPSA) is 76.0 Å². The van der Waals surface area contributed by atoms with Gasteiger partial charge in [-0.05, 0) is 36.1 Å². The van der Waals surface area contributed by atoms with Gasteiger partial charge < -0.3 is 9.84 Å². The molecule has 0 amide bonds. The molecule has 2 rings (SSSR count). The lowest BCUT2D eigenvalue weighted by atomic mass is 9.73. The molecule has 0 radical (unpaired) electrons. The maximum Gasteiger partial charge on any atom is 0.305 e. The van der Waals surface area contributed by atoms with E-state index in [1.165, 1.54) is 7.11 Å². The second-order valence-electron chi connectivity index (χ2n) is 6.87. The number of ketones is 1. The number of esters is 1. The van der Waals surface area contributed by atoms with Gasteiger partial charge in [0.2, 0.25) is 0 Å². The summed E-state index contributed by atoms with van der Waals surface area (Å²) in [5.41, 5.74) is 1.29. The molecule has 1 fully saturated rings. The van der Waals surface area contributed by atoms with E-state index in [0.29, 0.717) is 24.2 Å². The molecule has 6 heteroatoms. The molecule has 1 N–H and O–H groups in total. The van der Waals surface area contributed by atoms with Crippen LogP contribution in [0.2, 0.25) is 0 Å². The standard InChI is InChI=1S/C19H22BrNO4/c1-19(2)10-14(21-13-6-4-12(20)5-7-13)18(16(23)11-19)15(22)8-9-17(24)25-3/h4-7,22H,8-11H2,1-3H3/b18-15+,21-14?. The Morgan fingerprint density at radius 3 is 2.48 bits per heavy atom. The highest BCUT2D eigenvalue weighted by molar-refractivity contribution is 9.10. The minimum atomic E-state index is -0.429. The van der Waals surface area contributed by atoms with Crippen molar-refractivity contribution in [2.24, 2.45) is 10.4 Å². The van der Waals surface area contributed by atoms with E-state index in [2.05, 4.69) is 25.7 Å². The van der Waals surface area contributed by atoms with Gasteiger partial charge in [0, 0.05) is 17.3 Å². The summed E-state index contributed by atoms with van der Waals surface area (Å²) in [6.07, 6.45) is 0.998. The number of aliphatic hydroxyl groups excluding tert-OH is 1. The largest absolute Gasteiger partial charge is 0.511 e. The number of nitrogens with zero attached hydrogens (tertiary/aromatic N) is 1. The molecule has 0 bridgehead atoms. The maximum absolute atomic E-state index is 12.6. The van der Waals surface area contributed by atoms with E-state index in [4.69, 9.17) is 0 Å². The molecule has 5 nitrogen and oxygen atoms in total. The number of carbonyl (C=O) groups excluding carboxylic acids is 2. The molecule has 1 aliphatic rings. The summed E-state index contributed by atoms with van der Waals surface area (Å²) in [7, 11) is 1.29. The lowest BCUT2D eigenvalue weighted by Gasteiger charge is -2.31. The molecule has 0 heterocycles. The third kappa shape index (κ3) is 5.26. The predicted molar refractivity (Wildman–Crippen MR) is 100 cm³/mol. The first-order chi connectivity index (χ1) is 11.7. The average Bonchev–Trinajstić information content (AvgIpc) is 2.53. The highest BCUT2D eigenvalue weighted by Crippen LogP contribution is 2.37. The van der Waals surface area contributed by atoms with Gasteiger partial charge in [-0.1, -0.05) is 29.8 Å². The third-order valence-corrected chi connectivity index (χ3v) is 4.55. The lowest BCUT2D eigenvalue weighted by molar-refractivity contribution is -0.140. The predicted octanol–water partition coefficient (Wildman–Crippen LogP) is 4.68. The summed E-state index contributed by atoms with van der Waals surface area (Å²) in [6, 6.07) is 7.42. The number of methoxy groups -OCH3 is 1. The van der Waals surface area contributed by atoms with Gasteiger partial charge in [0.15, 0.2) is 5.78 Å². The number of halogens is 1. The minimum Gasteiger partial charge on any atom is -0.511 e. The van der Waals surface area contributed by atoms with E-state index in [-0.39, 0.29) is 35.4 Å². The first kappa shape index (κ1) is 19.4. The number of ether oxygens (including phenoxy) is 1. The molecule has 25 heavy (non-hydrogen) atoms. The average molecular weight is 408 g/mol. The van der Waals surface area contributed by atoms with E-state index in [1.807, 2.05) is 38.1 Å². The van der Waals surface area contributed by atoms with Crippen LogP contribution >= 0.6 is 15.9 Å². The fraction of sp³-hybridized carbons (Fsp3) is 0.421. The van der Waals surface area contributed by atoms with Crippen LogP contribution in [0.25, 0.3) is 0 Å². The molecule has 0 aliphatic heterocycles. The number of hydrogen-bond acceptors (Lipinski definition) is 5. The Bertz CT molecular complexity index is 732. The maximum atomic E-state index is 12.6. The first-order valence-corrected chi connectivity index (χ1v) is 8.87. The Labute approximate surface area is 155 Å². The van der Waals surface area contributed by atoms with E-state index < -0.39 is 5.97 Å². The first-order valence-electron chi connectivity index (χ1n) is 8.07. The number of Topliss-reactive ketones (excluding diaryl/α,β-unsaturated/α-hetero) is 1. The molecule has 1 aliphatic carbocycles. The normalized spacial score (nSPS) is 20.5. The number of rotatable bonds is 4. The van der Waals surface area contributed by atoms with Gasteiger partial charge in [0.25, 0.3) is 0 Å². The number of hydrogen-bond donors (Lipinski definition) is 1. The Balaban J connectivity index is 2.40. The van der Waals surface area contributed by atoms with Crippen molar-refractivity contribution in [3.05, 3.63) is 40.1 Å². The number of carbonyl (C=O) groups is 2. The molecular weight excluding hydrogens is 386 g/mol. The van der Waals surface area contributed by atoms with Crippen LogP contribution in [0.5, 0.6) is 0 Å². The summed E-state index contributed by atoms with van der Waals surface area (Å²) >= 11 is 3.38. The van der Waals surface area contributed by atoms with Gasteiger partial charge in [0.1, 0.15) is 5.76 Å². The van der Waals surface area contributed by atoms with Crippen molar-refractivity contribution >= 4 is 39.1 Å². The second kappa shape index (κ2) is 7.95. The molecule has 134 valence electrons. The highest BCUT2D eigenvalue weighted by Gasteiger charge is 2.36. The van der Waals surface area contributed by atoms with Crippen molar-refractivity contribution in [3.63, 3.8) is 0 Å². The van der Waals surface area contributed by atoms with Crippen LogP contribution in [0.1, 0.15) is 39.5 Å². The van der Waals surface area contributed by atoms with Crippen molar-refractivity contribution in [1.29, 1.82) is 0 Å². The van der Waals surface area contributed by atoms with E-state index in [0.717, 1.165) is 4.47 Å². The SMILES string of the molecule is COC(=O)CC/C(O)=C1\C(=O)CC(C)(C)CC1=Nc1ccc(Br)cc1. The molecule has 0 aromatic heterocycles. The molecule has 0 spiro atoms. The summed E-state index contributed by atoms with van der Waals surface area (Å²) in [4.78, 5) is 28.5. The van der Waals surface area contributed by atoms with Crippen molar-refractivity contribution in [2.75, 3.05) is 7.11 Å². The zero-order valence-electron chi connectivity index (χ0n) is 14.6. The molecular formula is C19H22BrNO4. The van der Waals surface area contributed by atoms with Gasteiger partial charge in [-0.3, -0.25) is 14.6 Å². The molecule has 1 aromatic carbocycles. The second-order valence-corrected chi connectivity index (χ2v) is 7.79. The van der Waals surface area contributed by atoms with Crippen molar-refractivity contribution in [2.45, 2.75) is 39.5 Å². The Kier molecular flexibility index (Phi) is 6.16. The van der Waals surface area contributed by atoms with Crippen LogP contribution in [0.3, 0.4) is 0 Å². The number of aliphatic imine (C=N–C) groups is 1. The number of benzene rings is 1. The van der Waals surface area contributed by atoms with E-state index >= 15 is 0 Å². The van der Waals surface area contributed by atoms with Gasteiger partial charge >= 0.3 is 5.97 Å². The van der Waals surface area contributed by atoms with E-state index in [9.17, 15) is 14.7 Å². The van der Waals surface area contributed by atoms with Crippen LogP contribution in [0.15, 0.2) is 45.1 Å². The summed E-state index contributed by atoms with van der Waals surface area (Å²) < 4.78 is 5.53. The smallest absolute Gasteiger partial charge is 0.305 e. The van der Waals surface area contributed by atoms with Gasteiger partial charge in [-0.2, -0.15) is 0 Å². The Morgan fingerprint density at radius 1 is 1.24 bits per heavy atom. The van der Waals surface area contributed by atoms with Crippen LogP contribution in [0.4, 0.5) is 5.69 Å². The molecule has 0 saturated heterocycles. The Hall–Kier alpha value is -1.95. The Morgan fingerprint density at radius 2 is 1.88 bits per heavy atom. The van der Waals surface area contributed by atoms with Crippen LogP contribution < -0.4 is 0 Å². The van der Waals surface area contributed by atoms with Crippen LogP contribution in [0, 0.1) is 5.41 Å². The zero-order chi connectivity index (χ0) is 18.6. The monoisotopic (exact) mass is 407 g/mol. The van der Waals surface area contributed by atoms with Crippen molar-refractivity contribution in [1.82, 2.24) is 0 Å². The summed E-state index contributed by atoms with van der Waals surface area (Å²) in [5.74, 6) is -0.668. The molecule has 0 atom stereocenters. The summed E-state index contributed by atoms with van der Waals surface area (Å²) in [5, 5.41) is 10.4. The molecule has 0 unspecified atom stereocenters. The lowest BCUT2D eigenvalue weighted by Crippen LogP contribution is -2.32. The third-order valence-electron chi connectivity index (χ3n) is 4.03. The molecule has 1 aromatic rings. The summed E-state index contributed by atoms with van der Waals surface area (Å²) in [6.45, 7) is 4.01. The fourth-order valence-electron chi connectivity index (χ4n) is 2.83. The van der Waals surface area contributed by atoms with Gasteiger partial charge in [-0.15, -0.1) is 0 Å². The van der Waals surface area contributed by atoms with Gasteiger partial charge in [-0.25, -0.2) is 0 Å².